The zero-order valence-electron chi connectivity index (χ0n) is 9.90. The smallest absolute Gasteiger partial charge is 0.319 e. The molecule has 0 saturated carbocycles. The zero-order valence-corrected chi connectivity index (χ0v) is 11.5. The predicted octanol–water partition coefficient (Wildman–Crippen LogP) is 2.95. The van der Waals surface area contributed by atoms with Gasteiger partial charge in [-0.05, 0) is 18.6 Å². The quantitative estimate of drug-likeness (QED) is 0.837. The second-order valence-electron chi connectivity index (χ2n) is 3.74. The van der Waals surface area contributed by atoms with E-state index in [0.29, 0.717) is 6.54 Å². The van der Waals surface area contributed by atoms with Gasteiger partial charge in [0.1, 0.15) is 0 Å². The van der Waals surface area contributed by atoms with Crippen LogP contribution in [0.3, 0.4) is 0 Å². The van der Waals surface area contributed by atoms with Gasteiger partial charge >= 0.3 is 6.03 Å². The van der Waals surface area contributed by atoms with Gasteiger partial charge in [0.15, 0.2) is 0 Å². The summed E-state index contributed by atoms with van der Waals surface area (Å²) in [7, 11) is 3.62. The van der Waals surface area contributed by atoms with Gasteiger partial charge in [-0.2, -0.15) is 0 Å². The molecule has 88 valence electrons. The third-order valence-electron chi connectivity index (χ3n) is 2.49. The fraction of sp³-hybridized carbons (Fsp3) is 0.417. The van der Waals surface area contributed by atoms with Crippen LogP contribution < -0.4 is 0 Å². The van der Waals surface area contributed by atoms with E-state index in [1.54, 1.807) is 16.8 Å². The number of urea groups is 1. The second-order valence-corrected chi connectivity index (χ2v) is 4.60. The number of hydrogen-bond acceptors (Lipinski definition) is 1. The van der Waals surface area contributed by atoms with Crippen LogP contribution in [-0.4, -0.2) is 36.5 Å². The van der Waals surface area contributed by atoms with Crippen molar-refractivity contribution in [3.63, 3.8) is 0 Å². The minimum Gasteiger partial charge on any atom is -0.328 e. The van der Waals surface area contributed by atoms with Crippen LogP contribution in [-0.2, 0) is 6.54 Å². The molecule has 16 heavy (non-hydrogen) atoms. The molecule has 1 aromatic carbocycles. The lowest BCUT2D eigenvalue weighted by molar-refractivity contribution is 0.173. The fourth-order valence-electron chi connectivity index (χ4n) is 1.38. The second kappa shape index (κ2) is 5.89. The maximum absolute atomic E-state index is 11.8. The summed E-state index contributed by atoms with van der Waals surface area (Å²) in [4.78, 5) is 15.2. The number of halogens is 1. The molecule has 1 aromatic rings. The molecule has 4 heteroatoms. The van der Waals surface area contributed by atoms with E-state index in [0.717, 1.165) is 16.6 Å². The summed E-state index contributed by atoms with van der Waals surface area (Å²) in [6, 6.07) is 7.98. The Morgan fingerprint density at radius 3 is 2.44 bits per heavy atom. The van der Waals surface area contributed by atoms with Crippen molar-refractivity contribution in [2.45, 2.75) is 13.5 Å². The molecule has 0 spiro atoms. The van der Waals surface area contributed by atoms with Crippen molar-refractivity contribution in [2.75, 3.05) is 20.6 Å². The molecule has 0 bridgehead atoms. The highest BCUT2D eigenvalue weighted by molar-refractivity contribution is 9.10. The van der Waals surface area contributed by atoms with E-state index in [1.165, 1.54) is 0 Å². The Morgan fingerprint density at radius 2 is 1.88 bits per heavy atom. The first-order valence-electron chi connectivity index (χ1n) is 5.26. The van der Waals surface area contributed by atoms with Gasteiger partial charge < -0.3 is 9.80 Å². The van der Waals surface area contributed by atoms with Gasteiger partial charge in [-0.3, -0.25) is 0 Å². The summed E-state index contributed by atoms with van der Waals surface area (Å²) in [5, 5.41) is 0. The van der Waals surface area contributed by atoms with Gasteiger partial charge in [-0.1, -0.05) is 34.1 Å². The Morgan fingerprint density at radius 1 is 1.25 bits per heavy atom. The molecule has 0 radical (unpaired) electrons. The lowest BCUT2D eigenvalue weighted by atomic mass is 10.2. The SMILES string of the molecule is CCN(C)C(=O)N(C)Cc1ccccc1Br. The van der Waals surface area contributed by atoms with Crippen LogP contribution in [0.4, 0.5) is 4.79 Å². The number of carbonyl (C=O) groups excluding carboxylic acids is 1. The van der Waals surface area contributed by atoms with Gasteiger partial charge in [-0.15, -0.1) is 0 Å². The molecule has 0 aromatic heterocycles. The van der Waals surface area contributed by atoms with Crippen molar-refractivity contribution in [1.82, 2.24) is 9.80 Å². The van der Waals surface area contributed by atoms with Gasteiger partial charge in [0.25, 0.3) is 0 Å². The van der Waals surface area contributed by atoms with Crippen molar-refractivity contribution < 1.29 is 4.79 Å². The van der Waals surface area contributed by atoms with E-state index in [4.69, 9.17) is 0 Å². The molecule has 0 saturated heterocycles. The van der Waals surface area contributed by atoms with E-state index in [-0.39, 0.29) is 6.03 Å². The van der Waals surface area contributed by atoms with Gasteiger partial charge in [0.05, 0.1) is 0 Å². The molecule has 3 nitrogen and oxygen atoms in total. The van der Waals surface area contributed by atoms with Crippen molar-refractivity contribution in [1.29, 1.82) is 0 Å². The molecule has 1 rings (SSSR count). The van der Waals surface area contributed by atoms with Crippen molar-refractivity contribution >= 4 is 22.0 Å². The third kappa shape index (κ3) is 3.23. The van der Waals surface area contributed by atoms with Gasteiger partial charge in [0, 0.05) is 31.7 Å². The molecular weight excluding hydrogens is 268 g/mol. The molecule has 0 atom stereocenters. The number of hydrogen-bond donors (Lipinski definition) is 0. The Labute approximate surface area is 105 Å². The number of amides is 2. The topological polar surface area (TPSA) is 23.6 Å². The molecule has 2 amide bonds. The van der Waals surface area contributed by atoms with E-state index < -0.39 is 0 Å². The summed E-state index contributed by atoms with van der Waals surface area (Å²) in [5.41, 5.74) is 1.11. The average molecular weight is 285 g/mol. The summed E-state index contributed by atoms with van der Waals surface area (Å²) < 4.78 is 1.04. The first-order chi connectivity index (χ1) is 7.56. The van der Waals surface area contributed by atoms with Crippen LogP contribution in [0.1, 0.15) is 12.5 Å². The molecule has 0 N–H and O–H groups in total. The largest absolute Gasteiger partial charge is 0.328 e. The summed E-state index contributed by atoms with van der Waals surface area (Å²) in [5.74, 6) is 0. The van der Waals surface area contributed by atoms with E-state index in [9.17, 15) is 4.79 Å². The first kappa shape index (κ1) is 13.0. The Hall–Kier alpha value is -1.03. The highest BCUT2D eigenvalue weighted by Crippen LogP contribution is 2.17. The minimum atomic E-state index is 0.0400. The first-order valence-corrected chi connectivity index (χ1v) is 6.05. The Balaban J connectivity index is 2.68. The van der Waals surface area contributed by atoms with Crippen LogP contribution in [0, 0.1) is 0 Å². The number of carbonyl (C=O) groups is 1. The maximum atomic E-state index is 11.8. The number of benzene rings is 1. The fourth-order valence-corrected chi connectivity index (χ4v) is 1.79. The van der Waals surface area contributed by atoms with Crippen molar-refractivity contribution in [2.24, 2.45) is 0 Å². The standard InChI is InChI=1S/C12H17BrN2O/c1-4-14(2)12(16)15(3)9-10-7-5-6-8-11(10)13/h5-8H,4,9H2,1-3H3. The average Bonchev–Trinajstić information content (AvgIpc) is 2.30. The van der Waals surface area contributed by atoms with Crippen molar-refractivity contribution in [3.8, 4) is 0 Å². The molecule has 0 heterocycles. The minimum absolute atomic E-state index is 0.0400. The van der Waals surface area contributed by atoms with Gasteiger partial charge in [-0.25, -0.2) is 4.79 Å². The maximum Gasteiger partial charge on any atom is 0.319 e. The molecule has 0 aliphatic rings. The molecule has 0 fully saturated rings. The third-order valence-corrected chi connectivity index (χ3v) is 3.27. The number of nitrogens with zero attached hydrogens (tertiary/aromatic N) is 2. The predicted molar refractivity (Wildman–Crippen MR) is 69.3 cm³/mol. The lowest BCUT2D eigenvalue weighted by Gasteiger charge is -2.24. The van der Waals surface area contributed by atoms with Crippen LogP contribution in [0.15, 0.2) is 28.7 Å². The van der Waals surface area contributed by atoms with Gasteiger partial charge in [0.2, 0.25) is 0 Å². The summed E-state index contributed by atoms with van der Waals surface area (Å²) in [6.45, 7) is 3.30. The normalized spacial score (nSPS) is 10.0. The van der Waals surface area contributed by atoms with E-state index >= 15 is 0 Å². The summed E-state index contributed by atoms with van der Waals surface area (Å²) >= 11 is 3.48. The molecule has 0 unspecified atom stereocenters. The highest BCUT2D eigenvalue weighted by Gasteiger charge is 2.13. The van der Waals surface area contributed by atoms with E-state index in [1.807, 2.05) is 38.2 Å². The molecular formula is C12H17BrN2O. The van der Waals surface area contributed by atoms with Crippen molar-refractivity contribution in [3.05, 3.63) is 34.3 Å². The van der Waals surface area contributed by atoms with Crippen LogP contribution in [0.5, 0.6) is 0 Å². The van der Waals surface area contributed by atoms with E-state index in [2.05, 4.69) is 15.9 Å². The Kier molecular flexibility index (Phi) is 4.80. The monoisotopic (exact) mass is 284 g/mol. The highest BCUT2D eigenvalue weighted by atomic mass is 79.9. The summed E-state index contributed by atoms with van der Waals surface area (Å²) in [6.07, 6.45) is 0. The molecule has 0 aliphatic heterocycles. The number of rotatable bonds is 3. The van der Waals surface area contributed by atoms with Crippen LogP contribution in [0.25, 0.3) is 0 Å². The molecule has 0 aliphatic carbocycles. The van der Waals surface area contributed by atoms with Crippen LogP contribution >= 0.6 is 15.9 Å². The zero-order chi connectivity index (χ0) is 12.1. The van der Waals surface area contributed by atoms with Crippen LogP contribution in [0.2, 0.25) is 0 Å². The Bertz CT molecular complexity index is 368. The lowest BCUT2D eigenvalue weighted by Crippen LogP contribution is -2.38.